The van der Waals surface area contributed by atoms with Crippen molar-refractivity contribution in [1.29, 1.82) is 0 Å². The molecule has 0 heterocycles. The molecule has 0 amide bonds. The Bertz CT molecular complexity index is 715. The summed E-state index contributed by atoms with van der Waals surface area (Å²) in [7, 11) is -1.88. The van der Waals surface area contributed by atoms with E-state index in [1.807, 2.05) is 0 Å². The molecule has 23 heavy (non-hydrogen) atoms. The number of benzene rings is 2. The van der Waals surface area contributed by atoms with Gasteiger partial charge in [-0.2, -0.15) is 0 Å². The predicted molar refractivity (Wildman–Crippen MR) is 113 cm³/mol. The Kier molecular flexibility index (Phi) is 5.43. The molecule has 0 N–H and O–H groups in total. The highest BCUT2D eigenvalue weighted by atomic mass is 127. The van der Waals surface area contributed by atoms with Crippen molar-refractivity contribution in [1.82, 2.24) is 0 Å². The van der Waals surface area contributed by atoms with Crippen LogP contribution in [0.2, 0.25) is 18.1 Å². The number of fused-ring (bicyclic) bond motifs is 1. The van der Waals surface area contributed by atoms with Crippen LogP contribution in [0.25, 0.3) is 10.8 Å². The minimum Gasteiger partial charge on any atom is -0.404 e. The lowest BCUT2D eigenvalue weighted by atomic mass is 9.94. The van der Waals surface area contributed by atoms with Gasteiger partial charge in [-0.3, -0.25) is 0 Å². The molecule has 0 saturated carbocycles. The van der Waals surface area contributed by atoms with E-state index in [1.165, 1.54) is 16.3 Å². The van der Waals surface area contributed by atoms with Crippen molar-refractivity contribution in [3.63, 3.8) is 0 Å². The lowest BCUT2D eigenvalue weighted by Crippen LogP contribution is -2.46. The lowest BCUT2D eigenvalue weighted by molar-refractivity contribution is 0.122. The average Bonchev–Trinajstić information content (AvgIpc) is 2.45. The Labute approximate surface area is 155 Å². The monoisotopic (exact) mass is 438 g/mol. The van der Waals surface area contributed by atoms with Crippen molar-refractivity contribution in [2.24, 2.45) is 0 Å². The second-order valence-electron chi connectivity index (χ2n) is 7.82. The number of rotatable bonds is 4. The molecule has 124 valence electrons. The van der Waals surface area contributed by atoms with Crippen molar-refractivity contribution in [3.8, 4) is 0 Å². The first-order valence-electron chi connectivity index (χ1n) is 8.06. The van der Waals surface area contributed by atoms with Gasteiger partial charge in [-0.1, -0.05) is 79.8 Å². The molecular weight excluding hydrogens is 411 g/mol. The quantitative estimate of drug-likeness (QED) is 0.368. The van der Waals surface area contributed by atoms with Crippen molar-refractivity contribution in [2.45, 2.75) is 51.4 Å². The SMILES string of the molecule is CC(C=CI)(O[Si](C)(C)C(C)(C)C)c1ccc2ccccc2c1. The summed E-state index contributed by atoms with van der Waals surface area (Å²) in [5.74, 6) is 0. The number of hydrogen-bond donors (Lipinski definition) is 0. The Balaban J connectivity index is 2.50. The molecule has 0 aromatic heterocycles. The molecule has 1 atom stereocenters. The smallest absolute Gasteiger partial charge is 0.193 e. The Morgan fingerprint density at radius 3 is 2.13 bits per heavy atom. The van der Waals surface area contributed by atoms with Crippen LogP contribution in [0.5, 0.6) is 0 Å². The molecule has 0 spiro atoms. The fraction of sp³-hybridized carbons (Fsp3) is 0.400. The van der Waals surface area contributed by atoms with E-state index in [9.17, 15) is 0 Å². The van der Waals surface area contributed by atoms with Crippen LogP contribution in [0, 0.1) is 0 Å². The van der Waals surface area contributed by atoms with Crippen LogP contribution in [-0.4, -0.2) is 8.32 Å². The van der Waals surface area contributed by atoms with E-state index in [2.05, 4.69) is 116 Å². The first-order valence-corrected chi connectivity index (χ1v) is 12.2. The van der Waals surface area contributed by atoms with E-state index in [-0.39, 0.29) is 5.04 Å². The van der Waals surface area contributed by atoms with Gasteiger partial charge < -0.3 is 4.43 Å². The normalized spacial score (nSPS) is 16.0. The van der Waals surface area contributed by atoms with Crippen molar-refractivity contribution < 1.29 is 4.43 Å². The van der Waals surface area contributed by atoms with Gasteiger partial charge in [-0.25, -0.2) is 0 Å². The Morgan fingerprint density at radius 2 is 1.57 bits per heavy atom. The second kappa shape index (κ2) is 6.69. The van der Waals surface area contributed by atoms with Gasteiger partial charge >= 0.3 is 0 Å². The molecule has 1 unspecified atom stereocenters. The minimum absolute atomic E-state index is 0.185. The Hall–Kier alpha value is -0.653. The Morgan fingerprint density at radius 1 is 0.957 bits per heavy atom. The highest BCUT2D eigenvalue weighted by Gasteiger charge is 2.42. The van der Waals surface area contributed by atoms with E-state index in [0.717, 1.165) is 0 Å². The third-order valence-corrected chi connectivity index (χ3v) is 9.88. The standard InChI is InChI=1S/C20H27IOSi/c1-19(2,3)23(5,6)22-20(4,13-14-21)18-12-11-16-9-7-8-10-17(16)15-18/h7-15H,1-6H3. The van der Waals surface area contributed by atoms with Crippen molar-refractivity contribution in [3.05, 3.63) is 58.2 Å². The molecular formula is C20H27IOSi. The van der Waals surface area contributed by atoms with Crippen LogP contribution in [0.4, 0.5) is 0 Å². The van der Waals surface area contributed by atoms with Gasteiger partial charge in [-0.15, -0.1) is 0 Å². The molecule has 0 saturated heterocycles. The summed E-state index contributed by atoms with van der Waals surface area (Å²) in [6.07, 6.45) is 2.18. The summed E-state index contributed by atoms with van der Waals surface area (Å²) < 4.78 is 8.88. The van der Waals surface area contributed by atoms with Gasteiger partial charge in [-0.05, 0) is 57.6 Å². The van der Waals surface area contributed by atoms with E-state index < -0.39 is 13.9 Å². The molecule has 1 nitrogen and oxygen atoms in total. The third-order valence-electron chi connectivity index (χ3n) is 4.98. The van der Waals surface area contributed by atoms with Crippen LogP contribution < -0.4 is 0 Å². The van der Waals surface area contributed by atoms with Gasteiger partial charge in [0.25, 0.3) is 0 Å². The van der Waals surface area contributed by atoms with E-state index in [0.29, 0.717) is 0 Å². The zero-order valence-electron chi connectivity index (χ0n) is 15.0. The van der Waals surface area contributed by atoms with Gasteiger partial charge in [0, 0.05) is 0 Å². The summed E-state index contributed by atoms with van der Waals surface area (Å²) in [6, 6.07) is 15.1. The maximum Gasteiger partial charge on any atom is 0.193 e. The first-order chi connectivity index (χ1) is 10.6. The summed E-state index contributed by atoms with van der Waals surface area (Å²) in [6.45, 7) is 13.7. The van der Waals surface area contributed by atoms with Crippen LogP contribution in [0.1, 0.15) is 33.3 Å². The molecule has 3 heteroatoms. The fourth-order valence-corrected chi connectivity index (χ4v) is 4.73. The highest BCUT2D eigenvalue weighted by Crippen LogP contribution is 2.42. The predicted octanol–water partition coefficient (Wildman–Crippen LogP) is 7.03. The maximum atomic E-state index is 6.81. The van der Waals surface area contributed by atoms with Gasteiger partial charge in [0.05, 0.1) is 5.60 Å². The molecule has 0 fully saturated rings. The molecule has 2 rings (SSSR count). The molecule has 0 aliphatic heterocycles. The van der Waals surface area contributed by atoms with Crippen LogP contribution in [0.15, 0.2) is 52.6 Å². The van der Waals surface area contributed by atoms with Crippen molar-refractivity contribution in [2.75, 3.05) is 0 Å². The molecule has 0 aliphatic carbocycles. The third kappa shape index (κ3) is 4.06. The van der Waals surface area contributed by atoms with E-state index in [4.69, 9.17) is 4.43 Å². The highest BCUT2D eigenvalue weighted by molar-refractivity contribution is 14.1. The van der Waals surface area contributed by atoms with E-state index in [1.54, 1.807) is 0 Å². The van der Waals surface area contributed by atoms with E-state index >= 15 is 0 Å². The van der Waals surface area contributed by atoms with Crippen LogP contribution in [0.3, 0.4) is 0 Å². The zero-order chi connectivity index (χ0) is 17.3. The van der Waals surface area contributed by atoms with Gasteiger partial charge in [0.15, 0.2) is 8.32 Å². The molecule has 0 aliphatic rings. The van der Waals surface area contributed by atoms with Crippen molar-refractivity contribution >= 4 is 41.7 Å². The zero-order valence-corrected chi connectivity index (χ0v) is 18.1. The largest absolute Gasteiger partial charge is 0.404 e. The average molecular weight is 438 g/mol. The molecule has 2 aromatic carbocycles. The minimum atomic E-state index is -1.88. The summed E-state index contributed by atoms with van der Waals surface area (Å²) in [5.41, 5.74) is 0.822. The topological polar surface area (TPSA) is 9.23 Å². The summed E-state index contributed by atoms with van der Waals surface area (Å²) in [4.78, 5) is 0. The number of halogens is 1. The van der Waals surface area contributed by atoms with Crippen LogP contribution in [-0.2, 0) is 10.0 Å². The molecule has 0 bridgehead atoms. The van der Waals surface area contributed by atoms with Gasteiger partial charge in [0.1, 0.15) is 0 Å². The lowest BCUT2D eigenvalue weighted by Gasteiger charge is -2.43. The van der Waals surface area contributed by atoms with Crippen LogP contribution >= 0.6 is 22.6 Å². The second-order valence-corrected chi connectivity index (χ2v) is 13.3. The maximum absolute atomic E-state index is 6.81. The molecule has 0 radical (unpaired) electrons. The number of hydrogen-bond acceptors (Lipinski definition) is 1. The molecule has 2 aromatic rings. The first kappa shape index (κ1) is 18.7. The van der Waals surface area contributed by atoms with Gasteiger partial charge in [0.2, 0.25) is 0 Å². The summed E-state index contributed by atoms with van der Waals surface area (Å²) in [5, 5.41) is 2.71. The fourth-order valence-electron chi connectivity index (χ4n) is 2.49. The summed E-state index contributed by atoms with van der Waals surface area (Å²) >= 11 is 2.28.